The van der Waals surface area contributed by atoms with E-state index in [0.717, 1.165) is 18.2 Å². The molecule has 11 heteroatoms. The van der Waals surface area contributed by atoms with Crippen LogP contribution in [0.4, 0.5) is 40.4 Å². The van der Waals surface area contributed by atoms with Gasteiger partial charge in [0.05, 0.1) is 33.9 Å². The molecule has 1 aromatic carbocycles. The number of hydrogen-bond donors (Lipinski definition) is 3. The minimum Gasteiger partial charge on any atom is -0.355 e. The van der Waals surface area contributed by atoms with Gasteiger partial charge in [0.1, 0.15) is 11.6 Å². The molecule has 0 spiro atoms. The second-order valence-electron chi connectivity index (χ2n) is 6.43. The van der Waals surface area contributed by atoms with Crippen LogP contribution in [0.3, 0.4) is 0 Å². The first-order chi connectivity index (χ1) is 14.1. The van der Waals surface area contributed by atoms with Gasteiger partial charge in [-0.15, -0.1) is 0 Å². The van der Waals surface area contributed by atoms with E-state index >= 15 is 0 Å². The summed E-state index contributed by atoms with van der Waals surface area (Å²) < 4.78 is 55.8. The van der Waals surface area contributed by atoms with Crippen molar-refractivity contribution in [3.05, 3.63) is 59.3 Å². The molecule has 0 fully saturated rings. The highest BCUT2D eigenvalue weighted by molar-refractivity contribution is 6.00. The molecule has 158 valence electrons. The van der Waals surface area contributed by atoms with Crippen molar-refractivity contribution in [2.24, 2.45) is 7.05 Å². The Morgan fingerprint density at radius 3 is 2.43 bits per heavy atom. The average Bonchev–Trinajstić information content (AvgIpc) is 2.97. The maximum Gasteiger partial charge on any atom is 0.419 e. The number of alkyl halides is 3. The summed E-state index contributed by atoms with van der Waals surface area (Å²) in [5, 5.41) is 11.9. The Morgan fingerprint density at radius 1 is 1.10 bits per heavy atom. The number of amides is 1. The monoisotopic (exact) mass is 422 g/mol. The fraction of sp³-hybridized carbons (Fsp3) is 0.211. The molecule has 0 saturated heterocycles. The van der Waals surface area contributed by atoms with E-state index < -0.39 is 29.2 Å². The first-order valence-corrected chi connectivity index (χ1v) is 8.71. The summed E-state index contributed by atoms with van der Waals surface area (Å²) in [5.41, 5.74) is -0.398. The molecule has 0 saturated carbocycles. The summed E-state index contributed by atoms with van der Waals surface area (Å²) in [6, 6.07) is 4.31. The lowest BCUT2D eigenvalue weighted by Crippen LogP contribution is -2.19. The van der Waals surface area contributed by atoms with E-state index in [2.05, 4.69) is 26.0 Å². The molecule has 0 bridgehead atoms. The predicted molar refractivity (Wildman–Crippen MR) is 104 cm³/mol. The molecule has 30 heavy (non-hydrogen) atoms. The number of hydrogen-bond acceptors (Lipinski definition) is 5. The molecule has 1 amide bonds. The first kappa shape index (κ1) is 21.1. The van der Waals surface area contributed by atoms with E-state index in [-0.39, 0.29) is 17.1 Å². The smallest absolute Gasteiger partial charge is 0.355 e. The maximum atomic E-state index is 13.7. The molecule has 0 atom stereocenters. The maximum absolute atomic E-state index is 13.7. The van der Waals surface area contributed by atoms with Gasteiger partial charge in [0.2, 0.25) is 0 Å². The number of aromatic nitrogens is 3. The Hall–Kier alpha value is -3.63. The fourth-order valence-electron chi connectivity index (χ4n) is 2.81. The number of carbonyl (C=O) groups is 1. The molecule has 2 aromatic heterocycles. The minimum atomic E-state index is -4.72. The number of benzene rings is 1. The zero-order valence-corrected chi connectivity index (χ0v) is 16.2. The zero-order chi connectivity index (χ0) is 22.1. The van der Waals surface area contributed by atoms with E-state index in [1.54, 1.807) is 24.9 Å². The van der Waals surface area contributed by atoms with Crippen LogP contribution in [0.1, 0.15) is 21.6 Å². The van der Waals surface area contributed by atoms with Gasteiger partial charge in [-0.3, -0.25) is 9.48 Å². The molecule has 3 aromatic rings. The van der Waals surface area contributed by atoms with Gasteiger partial charge in [-0.05, 0) is 25.1 Å². The van der Waals surface area contributed by atoms with E-state index in [1.807, 2.05) is 0 Å². The molecular weight excluding hydrogens is 404 g/mol. The van der Waals surface area contributed by atoms with Crippen molar-refractivity contribution >= 4 is 28.8 Å². The van der Waals surface area contributed by atoms with Crippen LogP contribution in [0.15, 0.2) is 36.7 Å². The van der Waals surface area contributed by atoms with Crippen molar-refractivity contribution in [2.45, 2.75) is 13.1 Å². The molecule has 2 heterocycles. The average molecular weight is 422 g/mol. The third-order valence-electron chi connectivity index (χ3n) is 4.21. The van der Waals surface area contributed by atoms with E-state index in [1.165, 1.54) is 13.1 Å². The van der Waals surface area contributed by atoms with Crippen molar-refractivity contribution in [2.75, 3.05) is 17.7 Å². The lowest BCUT2D eigenvalue weighted by Gasteiger charge is -2.17. The lowest BCUT2D eigenvalue weighted by molar-refractivity contribution is -0.137. The molecule has 0 aliphatic rings. The van der Waals surface area contributed by atoms with Gasteiger partial charge in [-0.1, -0.05) is 0 Å². The second-order valence-corrected chi connectivity index (χ2v) is 6.43. The largest absolute Gasteiger partial charge is 0.419 e. The van der Waals surface area contributed by atoms with Crippen LogP contribution in [0.5, 0.6) is 0 Å². The van der Waals surface area contributed by atoms with E-state index in [4.69, 9.17) is 0 Å². The van der Waals surface area contributed by atoms with Crippen molar-refractivity contribution in [3.8, 4) is 0 Å². The topological polar surface area (TPSA) is 83.9 Å². The molecule has 0 aliphatic heterocycles. The third kappa shape index (κ3) is 4.50. The number of aryl methyl sites for hydroxylation is 2. The van der Waals surface area contributed by atoms with Crippen LogP contribution in [-0.2, 0) is 13.2 Å². The Morgan fingerprint density at radius 2 is 1.83 bits per heavy atom. The van der Waals surface area contributed by atoms with Gasteiger partial charge in [-0.25, -0.2) is 9.37 Å². The van der Waals surface area contributed by atoms with Gasteiger partial charge in [0.25, 0.3) is 5.91 Å². The zero-order valence-electron chi connectivity index (χ0n) is 16.2. The molecule has 0 radical (unpaired) electrons. The highest BCUT2D eigenvalue weighted by atomic mass is 19.4. The van der Waals surface area contributed by atoms with Crippen molar-refractivity contribution in [1.29, 1.82) is 0 Å². The molecule has 3 N–H and O–H groups in total. The summed E-state index contributed by atoms with van der Waals surface area (Å²) in [7, 11) is 3.07. The third-order valence-corrected chi connectivity index (χ3v) is 4.21. The van der Waals surface area contributed by atoms with Crippen LogP contribution in [0, 0.1) is 12.7 Å². The molecular formula is C19H18F4N6O. The number of nitrogens with zero attached hydrogens (tertiary/aromatic N) is 3. The van der Waals surface area contributed by atoms with Crippen LogP contribution in [0.2, 0.25) is 0 Å². The highest BCUT2D eigenvalue weighted by Crippen LogP contribution is 2.37. The lowest BCUT2D eigenvalue weighted by atomic mass is 10.1. The van der Waals surface area contributed by atoms with Crippen molar-refractivity contribution in [3.63, 3.8) is 0 Å². The normalized spacial score (nSPS) is 11.3. The number of nitrogens with one attached hydrogen (secondary N) is 3. The first-order valence-electron chi connectivity index (χ1n) is 8.71. The number of halogens is 4. The Bertz CT molecular complexity index is 1090. The number of pyridine rings is 1. The van der Waals surface area contributed by atoms with Gasteiger partial charge in [0.15, 0.2) is 0 Å². The Labute approximate surface area is 169 Å². The van der Waals surface area contributed by atoms with Crippen LogP contribution in [-0.4, -0.2) is 27.7 Å². The molecule has 7 nitrogen and oxygen atoms in total. The summed E-state index contributed by atoms with van der Waals surface area (Å²) in [4.78, 5) is 15.9. The Kier molecular flexibility index (Phi) is 5.63. The van der Waals surface area contributed by atoms with Crippen molar-refractivity contribution < 1.29 is 22.4 Å². The van der Waals surface area contributed by atoms with Gasteiger partial charge < -0.3 is 16.0 Å². The van der Waals surface area contributed by atoms with Crippen LogP contribution in [0.25, 0.3) is 0 Å². The highest BCUT2D eigenvalue weighted by Gasteiger charge is 2.34. The number of rotatable bonds is 5. The van der Waals surface area contributed by atoms with Crippen molar-refractivity contribution in [1.82, 2.24) is 20.1 Å². The molecule has 0 unspecified atom stereocenters. The number of carbonyl (C=O) groups excluding carboxylic acids is 1. The standard InChI is InChI=1S/C19H18F4N6O/c1-10-16(9-29(3)28-10)27-17-7-15(13(8-25-17)19(21,22)23)26-14-6-11(20)4-5-12(14)18(30)24-2/h4-9H,1-3H3,(H,24,30)(H2,25,26,27). The summed E-state index contributed by atoms with van der Waals surface area (Å²) >= 11 is 0. The van der Waals surface area contributed by atoms with Gasteiger partial charge in [0, 0.05) is 32.6 Å². The van der Waals surface area contributed by atoms with Gasteiger partial charge in [-0.2, -0.15) is 18.3 Å². The quantitative estimate of drug-likeness (QED) is 0.539. The summed E-state index contributed by atoms with van der Waals surface area (Å²) in [6.45, 7) is 1.73. The molecule has 3 rings (SSSR count). The number of anilines is 4. The van der Waals surface area contributed by atoms with E-state index in [0.29, 0.717) is 17.6 Å². The molecule has 0 aliphatic carbocycles. The van der Waals surface area contributed by atoms with Crippen LogP contribution >= 0.6 is 0 Å². The summed E-state index contributed by atoms with van der Waals surface area (Å²) in [5.74, 6) is -1.18. The fourth-order valence-corrected chi connectivity index (χ4v) is 2.81. The van der Waals surface area contributed by atoms with Gasteiger partial charge >= 0.3 is 6.18 Å². The van der Waals surface area contributed by atoms with Crippen LogP contribution < -0.4 is 16.0 Å². The SMILES string of the molecule is CNC(=O)c1ccc(F)cc1Nc1cc(Nc2cn(C)nc2C)ncc1C(F)(F)F. The van der Waals surface area contributed by atoms with E-state index in [9.17, 15) is 22.4 Å². The predicted octanol–water partition coefficient (Wildman–Crippen LogP) is 4.13. The Balaban J connectivity index is 2.05. The second kappa shape index (κ2) is 8.01. The summed E-state index contributed by atoms with van der Waals surface area (Å²) in [6.07, 6.45) is -2.41. The minimum absolute atomic E-state index is 0.0125.